The molecule has 0 saturated heterocycles. The highest BCUT2D eigenvalue weighted by molar-refractivity contribution is 5.93. The van der Waals surface area contributed by atoms with E-state index in [0.29, 0.717) is 0 Å². The second-order valence-corrected chi connectivity index (χ2v) is 6.20. The second kappa shape index (κ2) is 10.4. The van der Waals surface area contributed by atoms with Crippen LogP contribution in [0.5, 0.6) is 5.75 Å². The van der Waals surface area contributed by atoms with Crippen LogP contribution in [0.2, 0.25) is 0 Å². The third kappa shape index (κ3) is 7.29. The Morgan fingerprint density at radius 1 is 1.00 bits per heavy atom. The van der Waals surface area contributed by atoms with Gasteiger partial charge in [-0.2, -0.15) is 0 Å². The quantitative estimate of drug-likeness (QED) is 0.598. The molecule has 2 N–H and O–H groups in total. The van der Waals surface area contributed by atoms with Gasteiger partial charge in [0, 0.05) is 17.4 Å². The Hall–Kier alpha value is -2.49. The first-order chi connectivity index (χ1) is 12.2. The van der Waals surface area contributed by atoms with Gasteiger partial charge in [0.25, 0.3) is 0 Å². The van der Waals surface area contributed by atoms with Crippen molar-refractivity contribution in [2.75, 3.05) is 23.8 Å². The maximum absolute atomic E-state index is 12.0. The molecular weight excluding hydrogens is 312 g/mol. The highest BCUT2D eigenvalue weighted by atomic mass is 16.5. The number of carbonyl (C=O) groups is 1. The number of amides is 1. The van der Waals surface area contributed by atoms with E-state index in [1.165, 1.54) is 24.8 Å². The molecule has 0 unspecified atom stereocenters. The first kappa shape index (κ1) is 18.8. The number of carbonyl (C=O) groups excluding carboxylic acids is 1. The lowest BCUT2D eigenvalue weighted by Gasteiger charge is -2.10. The fourth-order valence-corrected chi connectivity index (χ4v) is 2.44. The van der Waals surface area contributed by atoms with Crippen molar-refractivity contribution in [1.82, 2.24) is 0 Å². The van der Waals surface area contributed by atoms with Crippen molar-refractivity contribution in [3.05, 3.63) is 54.1 Å². The monoisotopic (exact) mass is 340 g/mol. The number of ether oxygens (including phenoxy) is 1. The standard InChI is InChI=1S/C21H28N2O2/c1-3-4-5-6-14-25-20-9-7-8-19(15-20)22-16-21(24)23-18-12-10-17(2)11-13-18/h7-13,15,22H,3-6,14,16H2,1-2H3,(H,23,24). The molecule has 0 spiro atoms. The molecule has 25 heavy (non-hydrogen) atoms. The van der Waals surface area contributed by atoms with E-state index in [2.05, 4.69) is 17.6 Å². The number of unbranched alkanes of at least 4 members (excludes halogenated alkanes) is 3. The molecule has 2 rings (SSSR count). The number of aryl methyl sites for hydroxylation is 1. The first-order valence-corrected chi connectivity index (χ1v) is 9.00. The zero-order valence-corrected chi connectivity index (χ0v) is 15.2. The normalized spacial score (nSPS) is 10.3. The van der Waals surface area contributed by atoms with E-state index in [4.69, 9.17) is 4.74 Å². The van der Waals surface area contributed by atoms with E-state index in [1.54, 1.807) is 0 Å². The molecule has 0 fully saturated rings. The van der Waals surface area contributed by atoms with E-state index < -0.39 is 0 Å². The van der Waals surface area contributed by atoms with Crippen LogP contribution in [-0.2, 0) is 4.79 Å². The summed E-state index contributed by atoms with van der Waals surface area (Å²) in [7, 11) is 0. The topological polar surface area (TPSA) is 50.4 Å². The molecule has 0 heterocycles. The van der Waals surface area contributed by atoms with E-state index in [9.17, 15) is 4.79 Å². The van der Waals surface area contributed by atoms with Crippen molar-refractivity contribution in [2.45, 2.75) is 39.5 Å². The summed E-state index contributed by atoms with van der Waals surface area (Å²) in [4.78, 5) is 12.0. The smallest absolute Gasteiger partial charge is 0.243 e. The summed E-state index contributed by atoms with van der Waals surface area (Å²) < 4.78 is 5.77. The predicted octanol–water partition coefficient (Wildman–Crippen LogP) is 5.00. The maximum Gasteiger partial charge on any atom is 0.243 e. The Morgan fingerprint density at radius 3 is 2.56 bits per heavy atom. The molecule has 0 saturated carbocycles. The lowest BCUT2D eigenvalue weighted by molar-refractivity contribution is -0.114. The number of nitrogens with one attached hydrogen (secondary N) is 2. The van der Waals surface area contributed by atoms with Gasteiger partial charge in [-0.15, -0.1) is 0 Å². The lowest BCUT2D eigenvalue weighted by atomic mass is 10.2. The van der Waals surface area contributed by atoms with Crippen LogP contribution >= 0.6 is 0 Å². The van der Waals surface area contributed by atoms with Crippen LogP contribution in [-0.4, -0.2) is 19.1 Å². The van der Waals surface area contributed by atoms with E-state index in [1.807, 2.05) is 55.5 Å². The maximum atomic E-state index is 12.0. The predicted molar refractivity (Wildman–Crippen MR) is 104 cm³/mol. The summed E-state index contributed by atoms with van der Waals surface area (Å²) in [6.07, 6.45) is 4.75. The number of anilines is 2. The van der Waals surface area contributed by atoms with Gasteiger partial charge < -0.3 is 15.4 Å². The van der Waals surface area contributed by atoms with Crippen LogP contribution in [0.1, 0.15) is 38.2 Å². The minimum absolute atomic E-state index is 0.0743. The van der Waals surface area contributed by atoms with Crippen molar-refractivity contribution >= 4 is 17.3 Å². The summed E-state index contributed by atoms with van der Waals surface area (Å²) >= 11 is 0. The zero-order valence-electron chi connectivity index (χ0n) is 15.2. The first-order valence-electron chi connectivity index (χ1n) is 9.00. The Balaban J connectivity index is 1.75. The average Bonchev–Trinajstić information content (AvgIpc) is 2.62. The Bertz CT molecular complexity index is 653. The average molecular weight is 340 g/mol. The van der Waals surface area contributed by atoms with Crippen molar-refractivity contribution < 1.29 is 9.53 Å². The van der Waals surface area contributed by atoms with Gasteiger partial charge in [0.05, 0.1) is 13.2 Å². The Kier molecular flexibility index (Phi) is 7.83. The van der Waals surface area contributed by atoms with Gasteiger partial charge in [-0.1, -0.05) is 49.9 Å². The highest BCUT2D eigenvalue weighted by Crippen LogP contribution is 2.18. The molecule has 0 aliphatic heterocycles. The van der Waals surface area contributed by atoms with Crippen LogP contribution in [0.3, 0.4) is 0 Å². The van der Waals surface area contributed by atoms with Gasteiger partial charge in [-0.05, 0) is 37.6 Å². The highest BCUT2D eigenvalue weighted by Gasteiger charge is 2.03. The largest absolute Gasteiger partial charge is 0.494 e. The minimum Gasteiger partial charge on any atom is -0.494 e. The number of benzene rings is 2. The summed E-state index contributed by atoms with van der Waals surface area (Å²) in [6, 6.07) is 15.5. The van der Waals surface area contributed by atoms with E-state index >= 15 is 0 Å². The minimum atomic E-state index is -0.0743. The zero-order chi connectivity index (χ0) is 17.9. The molecule has 2 aromatic carbocycles. The van der Waals surface area contributed by atoms with Crippen LogP contribution < -0.4 is 15.4 Å². The fourth-order valence-electron chi connectivity index (χ4n) is 2.44. The molecular formula is C21H28N2O2. The number of rotatable bonds is 10. The van der Waals surface area contributed by atoms with E-state index in [-0.39, 0.29) is 12.5 Å². The van der Waals surface area contributed by atoms with Crippen LogP contribution in [0.25, 0.3) is 0 Å². The molecule has 0 bridgehead atoms. The molecule has 4 nitrogen and oxygen atoms in total. The molecule has 0 radical (unpaired) electrons. The third-order valence-electron chi connectivity index (χ3n) is 3.89. The van der Waals surface area contributed by atoms with Crippen molar-refractivity contribution in [1.29, 1.82) is 0 Å². The van der Waals surface area contributed by atoms with Crippen LogP contribution in [0, 0.1) is 6.92 Å². The van der Waals surface area contributed by atoms with Gasteiger partial charge in [-0.25, -0.2) is 0 Å². The molecule has 0 aliphatic rings. The molecule has 0 atom stereocenters. The summed E-state index contributed by atoms with van der Waals surface area (Å²) in [5.41, 5.74) is 2.86. The summed E-state index contributed by atoms with van der Waals surface area (Å²) in [6.45, 7) is 5.17. The molecule has 134 valence electrons. The van der Waals surface area contributed by atoms with E-state index in [0.717, 1.165) is 30.2 Å². The van der Waals surface area contributed by atoms with Gasteiger partial charge in [0.2, 0.25) is 5.91 Å². The summed E-state index contributed by atoms with van der Waals surface area (Å²) in [5, 5.41) is 6.01. The van der Waals surface area contributed by atoms with Crippen molar-refractivity contribution in [3.63, 3.8) is 0 Å². The molecule has 0 aliphatic carbocycles. The third-order valence-corrected chi connectivity index (χ3v) is 3.89. The van der Waals surface area contributed by atoms with Crippen molar-refractivity contribution in [2.24, 2.45) is 0 Å². The summed E-state index contributed by atoms with van der Waals surface area (Å²) in [5.74, 6) is 0.759. The second-order valence-electron chi connectivity index (χ2n) is 6.20. The van der Waals surface area contributed by atoms with Crippen LogP contribution in [0.4, 0.5) is 11.4 Å². The number of hydrogen-bond acceptors (Lipinski definition) is 3. The Morgan fingerprint density at radius 2 is 1.80 bits per heavy atom. The molecule has 2 aromatic rings. The van der Waals surface area contributed by atoms with Crippen molar-refractivity contribution in [3.8, 4) is 5.75 Å². The Labute approximate surface area is 150 Å². The molecule has 4 heteroatoms. The van der Waals surface area contributed by atoms with Gasteiger partial charge in [0.1, 0.15) is 5.75 Å². The number of hydrogen-bond donors (Lipinski definition) is 2. The van der Waals surface area contributed by atoms with Crippen LogP contribution in [0.15, 0.2) is 48.5 Å². The van der Waals surface area contributed by atoms with Gasteiger partial charge in [-0.3, -0.25) is 4.79 Å². The van der Waals surface area contributed by atoms with Gasteiger partial charge >= 0.3 is 0 Å². The van der Waals surface area contributed by atoms with Gasteiger partial charge in [0.15, 0.2) is 0 Å². The molecule has 0 aromatic heterocycles. The molecule has 1 amide bonds. The lowest BCUT2D eigenvalue weighted by Crippen LogP contribution is -2.21. The fraction of sp³-hybridized carbons (Fsp3) is 0.381. The SMILES string of the molecule is CCCCCCOc1cccc(NCC(=O)Nc2ccc(C)cc2)c1.